The fraction of sp³-hybridized carbons (Fsp3) is 0.684. The molecule has 1 aliphatic rings. The van der Waals surface area contributed by atoms with Crippen LogP contribution in [0.3, 0.4) is 0 Å². The van der Waals surface area contributed by atoms with Gasteiger partial charge in [-0.1, -0.05) is 26.2 Å². The Morgan fingerprint density at radius 3 is 2.77 bits per heavy atom. The number of imidazole rings is 1. The fourth-order valence-corrected chi connectivity index (χ4v) is 3.26. The Kier molecular flexibility index (Phi) is 9.15. The Balaban J connectivity index is 0.00000243. The third-order valence-electron chi connectivity index (χ3n) is 4.78. The van der Waals surface area contributed by atoms with E-state index in [2.05, 4.69) is 22.1 Å². The van der Waals surface area contributed by atoms with Crippen LogP contribution in [-0.2, 0) is 11.2 Å². The van der Waals surface area contributed by atoms with E-state index in [1.807, 2.05) is 22.8 Å². The minimum Gasteiger partial charge on any atom is -0.379 e. The summed E-state index contributed by atoms with van der Waals surface area (Å²) in [6, 6.07) is 4.07. The molecular weight excluding hydrogens is 350 g/mol. The molecule has 0 bridgehead atoms. The quantitative estimate of drug-likeness (QED) is 0.639. The molecule has 0 aromatic carbocycles. The van der Waals surface area contributed by atoms with Crippen LogP contribution in [0, 0.1) is 0 Å². The molecule has 146 valence electrons. The fourth-order valence-electron chi connectivity index (χ4n) is 3.26. The number of ether oxygens (including phenoxy) is 1. The van der Waals surface area contributed by atoms with Crippen LogP contribution in [0.25, 0.3) is 5.65 Å². The number of hydrogen-bond donors (Lipinski definition) is 1. The monoisotopic (exact) mass is 381 g/mol. The van der Waals surface area contributed by atoms with Gasteiger partial charge in [0.1, 0.15) is 5.82 Å². The second-order valence-corrected chi connectivity index (χ2v) is 6.78. The molecule has 7 heteroatoms. The van der Waals surface area contributed by atoms with Gasteiger partial charge < -0.3 is 10.1 Å². The van der Waals surface area contributed by atoms with Crippen LogP contribution in [0.1, 0.15) is 44.7 Å². The predicted molar refractivity (Wildman–Crippen MR) is 108 cm³/mol. The number of aryl methyl sites for hydroxylation is 1. The van der Waals surface area contributed by atoms with E-state index in [0.717, 1.165) is 63.7 Å². The molecule has 3 heterocycles. The minimum atomic E-state index is 0. The molecule has 1 N–H and O–H groups in total. The van der Waals surface area contributed by atoms with Gasteiger partial charge in [0.2, 0.25) is 0 Å². The molecule has 0 atom stereocenters. The number of anilines is 1. The van der Waals surface area contributed by atoms with Crippen LogP contribution in [0.15, 0.2) is 18.3 Å². The zero-order valence-corrected chi connectivity index (χ0v) is 16.6. The maximum absolute atomic E-state index is 5.39. The number of hydrogen-bond acceptors (Lipinski definition) is 5. The maximum atomic E-state index is 5.39. The molecule has 0 amide bonds. The van der Waals surface area contributed by atoms with Crippen molar-refractivity contribution >= 4 is 23.9 Å². The first-order valence-electron chi connectivity index (χ1n) is 9.74. The van der Waals surface area contributed by atoms with E-state index < -0.39 is 0 Å². The normalized spacial score (nSPS) is 15.1. The Morgan fingerprint density at radius 2 is 1.96 bits per heavy atom. The smallest absolute Gasteiger partial charge is 0.153 e. The highest BCUT2D eigenvalue weighted by molar-refractivity contribution is 5.85. The second kappa shape index (κ2) is 11.4. The van der Waals surface area contributed by atoms with Gasteiger partial charge in [0.25, 0.3) is 0 Å². The topological polar surface area (TPSA) is 54.7 Å². The van der Waals surface area contributed by atoms with Crippen LogP contribution in [0.5, 0.6) is 0 Å². The highest BCUT2D eigenvalue weighted by Crippen LogP contribution is 2.12. The summed E-state index contributed by atoms with van der Waals surface area (Å²) in [6.45, 7) is 8.15. The summed E-state index contributed by atoms with van der Waals surface area (Å²) < 4.78 is 7.38. The van der Waals surface area contributed by atoms with Crippen LogP contribution in [0.2, 0.25) is 0 Å². The number of nitrogens with zero attached hydrogens (tertiary/aromatic N) is 4. The number of aromatic nitrogens is 3. The van der Waals surface area contributed by atoms with Gasteiger partial charge in [-0.15, -0.1) is 17.5 Å². The average Bonchev–Trinajstić information content (AvgIpc) is 3.06. The molecule has 0 radical (unpaired) electrons. The van der Waals surface area contributed by atoms with Gasteiger partial charge in [-0.25, -0.2) is 9.50 Å². The van der Waals surface area contributed by atoms with Crippen LogP contribution >= 0.6 is 12.4 Å². The van der Waals surface area contributed by atoms with E-state index in [1.165, 1.54) is 31.4 Å². The molecular formula is C19H32ClN5O. The van der Waals surface area contributed by atoms with E-state index in [9.17, 15) is 0 Å². The largest absolute Gasteiger partial charge is 0.379 e. The van der Waals surface area contributed by atoms with Crippen molar-refractivity contribution in [2.45, 2.75) is 45.4 Å². The van der Waals surface area contributed by atoms with Crippen molar-refractivity contribution in [3.05, 3.63) is 24.0 Å². The number of halogens is 1. The molecule has 1 fully saturated rings. The summed E-state index contributed by atoms with van der Waals surface area (Å²) in [4.78, 5) is 6.93. The van der Waals surface area contributed by atoms with Gasteiger partial charge in [-0.3, -0.25) is 4.90 Å². The summed E-state index contributed by atoms with van der Waals surface area (Å²) in [5.74, 6) is 0.933. The zero-order chi connectivity index (χ0) is 17.3. The highest BCUT2D eigenvalue weighted by atomic mass is 35.5. The number of fused-ring (bicyclic) bond motifs is 1. The Morgan fingerprint density at radius 1 is 1.12 bits per heavy atom. The van der Waals surface area contributed by atoms with Crippen molar-refractivity contribution in [1.29, 1.82) is 0 Å². The van der Waals surface area contributed by atoms with Gasteiger partial charge >= 0.3 is 0 Å². The van der Waals surface area contributed by atoms with Crippen LogP contribution < -0.4 is 5.32 Å². The molecule has 2 aromatic rings. The predicted octanol–water partition coefficient (Wildman–Crippen LogP) is 3.41. The van der Waals surface area contributed by atoms with Gasteiger partial charge in [0.15, 0.2) is 5.65 Å². The molecule has 26 heavy (non-hydrogen) atoms. The SMILES string of the molecule is CCCCCCc1cnc2ccc(NCCCN3CCOCC3)nn12.Cl. The molecule has 2 aromatic heterocycles. The summed E-state index contributed by atoms with van der Waals surface area (Å²) in [5.41, 5.74) is 2.15. The second-order valence-electron chi connectivity index (χ2n) is 6.78. The molecule has 0 saturated carbocycles. The van der Waals surface area contributed by atoms with Gasteiger partial charge in [0.05, 0.1) is 25.1 Å². The van der Waals surface area contributed by atoms with Crippen molar-refractivity contribution < 1.29 is 4.74 Å². The number of rotatable bonds is 10. The molecule has 6 nitrogen and oxygen atoms in total. The standard InChI is InChI=1S/C19H31N5O.ClH/c1-2-3-4-5-7-17-16-21-19-9-8-18(22-24(17)19)20-10-6-11-23-12-14-25-15-13-23;/h8-9,16H,2-7,10-15H2,1H3,(H,20,22);1H. The zero-order valence-electron chi connectivity index (χ0n) is 15.8. The van der Waals surface area contributed by atoms with E-state index in [4.69, 9.17) is 9.84 Å². The van der Waals surface area contributed by atoms with E-state index in [1.54, 1.807) is 0 Å². The van der Waals surface area contributed by atoms with E-state index in [-0.39, 0.29) is 12.4 Å². The lowest BCUT2D eigenvalue weighted by Crippen LogP contribution is -2.37. The molecule has 1 saturated heterocycles. The maximum Gasteiger partial charge on any atom is 0.153 e. The van der Waals surface area contributed by atoms with Crippen molar-refractivity contribution in [3.63, 3.8) is 0 Å². The summed E-state index contributed by atoms with van der Waals surface area (Å²) >= 11 is 0. The molecule has 0 spiro atoms. The van der Waals surface area contributed by atoms with E-state index in [0.29, 0.717) is 0 Å². The van der Waals surface area contributed by atoms with Crippen LogP contribution in [0.4, 0.5) is 5.82 Å². The van der Waals surface area contributed by atoms with Crippen molar-refractivity contribution in [2.24, 2.45) is 0 Å². The number of morpholine rings is 1. The first kappa shape index (κ1) is 20.9. The third-order valence-corrected chi connectivity index (χ3v) is 4.78. The third kappa shape index (κ3) is 6.11. The van der Waals surface area contributed by atoms with Crippen molar-refractivity contribution in [1.82, 2.24) is 19.5 Å². The number of unbranched alkanes of at least 4 members (excludes halogenated alkanes) is 3. The first-order chi connectivity index (χ1) is 12.4. The lowest BCUT2D eigenvalue weighted by atomic mass is 10.1. The molecule has 1 aliphatic heterocycles. The Labute approximate surface area is 162 Å². The van der Waals surface area contributed by atoms with E-state index >= 15 is 0 Å². The Hall–Kier alpha value is -1.37. The molecule has 0 aliphatic carbocycles. The highest BCUT2D eigenvalue weighted by Gasteiger charge is 2.09. The van der Waals surface area contributed by atoms with Crippen LogP contribution in [-0.4, -0.2) is 58.9 Å². The molecule has 3 rings (SSSR count). The van der Waals surface area contributed by atoms with Crippen molar-refractivity contribution in [2.75, 3.05) is 44.7 Å². The first-order valence-corrected chi connectivity index (χ1v) is 9.74. The Bertz CT molecular complexity index is 642. The van der Waals surface area contributed by atoms with Gasteiger partial charge in [-0.05, 0) is 37.9 Å². The average molecular weight is 382 g/mol. The van der Waals surface area contributed by atoms with Gasteiger partial charge in [-0.2, -0.15) is 0 Å². The minimum absolute atomic E-state index is 0. The summed E-state index contributed by atoms with van der Waals surface area (Å²) in [7, 11) is 0. The lowest BCUT2D eigenvalue weighted by Gasteiger charge is -2.26. The van der Waals surface area contributed by atoms with Crippen molar-refractivity contribution in [3.8, 4) is 0 Å². The lowest BCUT2D eigenvalue weighted by molar-refractivity contribution is 0.0378. The summed E-state index contributed by atoms with van der Waals surface area (Å²) in [5, 5.41) is 8.18. The summed E-state index contributed by atoms with van der Waals surface area (Å²) in [6.07, 6.45) is 9.20. The van der Waals surface area contributed by atoms with Gasteiger partial charge in [0, 0.05) is 19.6 Å². The molecule has 0 unspecified atom stereocenters. The number of nitrogens with one attached hydrogen (secondary N) is 1.